The number of nitrogens with one attached hydrogen (secondary N) is 3. The normalized spacial score (nSPS) is 11.5. The van der Waals surface area contributed by atoms with Crippen LogP contribution in [-0.4, -0.2) is 55.0 Å². The molecule has 0 bridgehead atoms. The maximum atomic E-state index is 3.48. The second-order valence-electron chi connectivity index (χ2n) is 3.27. The van der Waals surface area contributed by atoms with E-state index in [0.29, 0.717) is 0 Å². The van der Waals surface area contributed by atoms with E-state index >= 15 is 0 Å². The Kier molecular flexibility index (Phi) is 8.68. The third kappa shape index (κ3) is 7.15. The Bertz CT molecular complexity index is 108. The lowest BCUT2D eigenvalue weighted by atomic mass is 10.4. The average Bonchev–Trinajstić information content (AvgIpc) is 2.13. The number of nitrogens with zero attached hydrogens (tertiary/aromatic N) is 1. The molecule has 13 heavy (non-hydrogen) atoms. The Morgan fingerprint density at radius 3 is 2.23 bits per heavy atom. The fourth-order valence-electron chi connectivity index (χ4n) is 1.24. The molecule has 0 aromatic carbocycles. The van der Waals surface area contributed by atoms with E-state index in [1.807, 2.05) is 14.1 Å². The molecule has 0 spiro atoms. The van der Waals surface area contributed by atoms with Crippen LogP contribution in [0.25, 0.3) is 0 Å². The van der Waals surface area contributed by atoms with Gasteiger partial charge in [0, 0.05) is 13.1 Å². The van der Waals surface area contributed by atoms with E-state index in [0.717, 1.165) is 13.1 Å². The van der Waals surface area contributed by atoms with Gasteiger partial charge in [0.2, 0.25) is 0 Å². The van der Waals surface area contributed by atoms with Gasteiger partial charge < -0.3 is 19.8 Å². The number of hydrogen-bond acceptors (Lipinski definition) is 4. The maximum absolute atomic E-state index is 3.48. The Morgan fingerprint density at radius 1 is 1.15 bits per heavy atom. The minimum atomic E-state index is -1.05. The summed E-state index contributed by atoms with van der Waals surface area (Å²) in [6.45, 7) is 5.59. The van der Waals surface area contributed by atoms with Gasteiger partial charge in [0.1, 0.15) is 0 Å². The summed E-state index contributed by atoms with van der Waals surface area (Å²) < 4.78 is 0. The topological polar surface area (TPSA) is 39.3 Å². The maximum Gasteiger partial charge on any atom is 0.264 e. The molecule has 0 aliphatic rings. The molecule has 3 N–H and O–H groups in total. The molecule has 0 fully saturated rings. The van der Waals surface area contributed by atoms with Crippen LogP contribution in [0.2, 0.25) is 0 Å². The summed E-state index contributed by atoms with van der Waals surface area (Å²) in [4.78, 5) is 12.3. The molecule has 80 valence electrons. The van der Waals surface area contributed by atoms with Crippen molar-refractivity contribution in [1.82, 2.24) is 19.8 Å². The Balaban J connectivity index is 3.32. The summed E-state index contributed by atoms with van der Waals surface area (Å²) in [5.74, 6) is 0. The van der Waals surface area contributed by atoms with Gasteiger partial charge in [-0.05, 0) is 34.1 Å². The minimum absolute atomic E-state index is 1.05. The molecule has 0 aliphatic carbocycles. The van der Waals surface area contributed by atoms with Crippen molar-refractivity contribution in [1.29, 1.82) is 0 Å². The molecule has 0 unspecified atom stereocenters. The first-order valence-electron chi connectivity index (χ1n) is 5.01. The molecular formula is C8H24N4Si. The van der Waals surface area contributed by atoms with Crippen molar-refractivity contribution >= 4 is 9.28 Å². The molecule has 0 atom stereocenters. The van der Waals surface area contributed by atoms with E-state index in [2.05, 4.69) is 33.8 Å². The molecular weight excluding hydrogens is 180 g/mol. The van der Waals surface area contributed by atoms with Crippen molar-refractivity contribution in [3.63, 3.8) is 0 Å². The minimum Gasteiger partial charge on any atom is -0.319 e. The van der Waals surface area contributed by atoms with E-state index < -0.39 is 9.28 Å². The van der Waals surface area contributed by atoms with E-state index in [1.54, 1.807) is 0 Å². The SMILES string of the molecule is CCCN(C)CCN[SiH](NC)NC. The summed E-state index contributed by atoms with van der Waals surface area (Å²) in [5, 5.41) is 0. The van der Waals surface area contributed by atoms with Crippen molar-refractivity contribution < 1.29 is 0 Å². The van der Waals surface area contributed by atoms with Gasteiger partial charge in [0.15, 0.2) is 0 Å². The van der Waals surface area contributed by atoms with Crippen LogP contribution in [0.4, 0.5) is 0 Å². The van der Waals surface area contributed by atoms with Crippen LogP contribution in [0.1, 0.15) is 13.3 Å². The molecule has 0 aromatic heterocycles. The van der Waals surface area contributed by atoms with Crippen LogP contribution < -0.4 is 14.9 Å². The van der Waals surface area contributed by atoms with Gasteiger partial charge in [0.25, 0.3) is 9.28 Å². The molecule has 0 rings (SSSR count). The third-order valence-electron chi connectivity index (χ3n) is 2.02. The zero-order chi connectivity index (χ0) is 10.1. The summed E-state index contributed by atoms with van der Waals surface area (Å²) in [6.07, 6.45) is 1.23. The molecule has 0 saturated heterocycles. The number of rotatable bonds is 8. The molecule has 0 amide bonds. The highest BCUT2D eigenvalue weighted by molar-refractivity contribution is 6.50. The van der Waals surface area contributed by atoms with Gasteiger partial charge in [-0.15, -0.1) is 0 Å². The van der Waals surface area contributed by atoms with Gasteiger partial charge in [-0.1, -0.05) is 6.92 Å². The van der Waals surface area contributed by atoms with Crippen LogP contribution in [-0.2, 0) is 0 Å². The molecule has 0 aliphatic heterocycles. The Morgan fingerprint density at radius 2 is 1.77 bits per heavy atom. The molecule has 0 saturated carbocycles. The van der Waals surface area contributed by atoms with Crippen LogP contribution in [0.15, 0.2) is 0 Å². The summed E-state index contributed by atoms with van der Waals surface area (Å²) in [5.41, 5.74) is 0. The lowest BCUT2D eigenvalue weighted by Gasteiger charge is -2.18. The molecule has 0 aromatic rings. The van der Waals surface area contributed by atoms with Crippen LogP contribution in [0, 0.1) is 0 Å². The third-order valence-corrected chi connectivity index (χ3v) is 3.88. The molecule has 5 heteroatoms. The van der Waals surface area contributed by atoms with Crippen LogP contribution in [0.5, 0.6) is 0 Å². The Hall–Kier alpha value is 0.0569. The van der Waals surface area contributed by atoms with Crippen molar-refractivity contribution in [3.8, 4) is 0 Å². The highest BCUT2D eigenvalue weighted by atomic mass is 28.3. The zero-order valence-electron chi connectivity index (χ0n) is 9.35. The summed E-state index contributed by atoms with van der Waals surface area (Å²) in [6, 6.07) is 0. The highest BCUT2D eigenvalue weighted by Crippen LogP contribution is 1.83. The number of hydrogen-bond donors (Lipinski definition) is 3. The van der Waals surface area contributed by atoms with Crippen molar-refractivity contribution in [2.45, 2.75) is 13.3 Å². The second kappa shape index (κ2) is 8.65. The second-order valence-corrected chi connectivity index (χ2v) is 5.70. The average molecular weight is 204 g/mol. The number of likely N-dealkylation sites (N-methyl/N-ethyl adjacent to an activating group) is 1. The fourth-order valence-corrected chi connectivity index (χ4v) is 2.36. The van der Waals surface area contributed by atoms with Crippen molar-refractivity contribution in [3.05, 3.63) is 0 Å². The monoisotopic (exact) mass is 204 g/mol. The lowest BCUT2D eigenvalue weighted by molar-refractivity contribution is 0.339. The fraction of sp³-hybridized carbons (Fsp3) is 1.00. The van der Waals surface area contributed by atoms with Gasteiger partial charge in [-0.3, -0.25) is 0 Å². The van der Waals surface area contributed by atoms with Gasteiger partial charge in [-0.2, -0.15) is 0 Å². The van der Waals surface area contributed by atoms with E-state index in [1.165, 1.54) is 13.0 Å². The highest BCUT2D eigenvalue weighted by Gasteiger charge is 2.03. The van der Waals surface area contributed by atoms with E-state index in [4.69, 9.17) is 0 Å². The smallest absolute Gasteiger partial charge is 0.264 e. The lowest BCUT2D eigenvalue weighted by Crippen LogP contribution is -2.56. The first kappa shape index (κ1) is 13.1. The van der Waals surface area contributed by atoms with Crippen molar-refractivity contribution in [2.24, 2.45) is 0 Å². The van der Waals surface area contributed by atoms with Gasteiger partial charge >= 0.3 is 0 Å². The van der Waals surface area contributed by atoms with E-state index in [-0.39, 0.29) is 0 Å². The summed E-state index contributed by atoms with van der Waals surface area (Å²) in [7, 11) is 5.11. The largest absolute Gasteiger partial charge is 0.319 e. The molecule has 0 heterocycles. The van der Waals surface area contributed by atoms with E-state index in [9.17, 15) is 0 Å². The summed E-state index contributed by atoms with van der Waals surface area (Å²) >= 11 is 0. The van der Waals surface area contributed by atoms with Crippen LogP contribution >= 0.6 is 0 Å². The van der Waals surface area contributed by atoms with Gasteiger partial charge in [-0.25, -0.2) is 0 Å². The van der Waals surface area contributed by atoms with Crippen molar-refractivity contribution in [2.75, 3.05) is 40.8 Å². The standard InChI is InChI=1S/C8H24N4Si/c1-5-7-12(4)8-6-11-13(9-2)10-3/h9-11,13H,5-8H2,1-4H3. The first-order chi connectivity index (χ1) is 6.24. The predicted octanol–water partition coefficient (Wildman–Crippen LogP) is -0.926. The predicted molar refractivity (Wildman–Crippen MR) is 61.1 cm³/mol. The molecule has 0 radical (unpaired) electrons. The van der Waals surface area contributed by atoms with Crippen LogP contribution in [0.3, 0.4) is 0 Å². The first-order valence-corrected chi connectivity index (χ1v) is 6.74. The quantitative estimate of drug-likeness (QED) is 0.447. The molecule has 4 nitrogen and oxygen atoms in total. The Labute approximate surface area is 83.9 Å². The zero-order valence-corrected chi connectivity index (χ0v) is 10.5. The van der Waals surface area contributed by atoms with Gasteiger partial charge in [0.05, 0.1) is 0 Å².